The number of halogens is 1. The Bertz CT molecular complexity index is 615. The summed E-state index contributed by atoms with van der Waals surface area (Å²) in [5.74, 6) is 0.643. The SMILES string of the molecule is Cc1ccc(OC(=O)c2ccc(C(C)C)cc2)c(Br)c1. The van der Waals surface area contributed by atoms with Gasteiger partial charge in [0.15, 0.2) is 0 Å². The number of ether oxygens (including phenoxy) is 1. The van der Waals surface area contributed by atoms with E-state index in [1.54, 1.807) is 18.2 Å². The van der Waals surface area contributed by atoms with Crippen LogP contribution in [0.3, 0.4) is 0 Å². The molecule has 3 heteroatoms. The largest absolute Gasteiger partial charge is 0.422 e. The van der Waals surface area contributed by atoms with Crippen molar-refractivity contribution in [3.63, 3.8) is 0 Å². The van der Waals surface area contributed by atoms with Gasteiger partial charge in [-0.2, -0.15) is 0 Å². The number of benzene rings is 2. The first-order valence-electron chi connectivity index (χ1n) is 6.55. The summed E-state index contributed by atoms with van der Waals surface area (Å²) in [7, 11) is 0. The van der Waals surface area contributed by atoms with Crippen LogP contribution >= 0.6 is 15.9 Å². The number of aryl methyl sites for hydroxylation is 1. The van der Waals surface area contributed by atoms with Crippen molar-refractivity contribution in [3.8, 4) is 5.75 Å². The fraction of sp³-hybridized carbons (Fsp3) is 0.235. The smallest absolute Gasteiger partial charge is 0.343 e. The van der Waals surface area contributed by atoms with E-state index >= 15 is 0 Å². The van der Waals surface area contributed by atoms with E-state index in [0.717, 1.165) is 10.0 Å². The van der Waals surface area contributed by atoms with Crippen molar-refractivity contribution in [1.29, 1.82) is 0 Å². The van der Waals surface area contributed by atoms with Crippen LogP contribution in [0.4, 0.5) is 0 Å². The van der Waals surface area contributed by atoms with Gasteiger partial charge in [0.05, 0.1) is 10.0 Å². The Morgan fingerprint density at radius 2 is 1.75 bits per heavy atom. The summed E-state index contributed by atoms with van der Waals surface area (Å²) in [6.45, 7) is 6.23. The molecule has 2 aromatic carbocycles. The van der Waals surface area contributed by atoms with E-state index in [9.17, 15) is 4.79 Å². The predicted molar refractivity (Wildman–Crippen MR) is 84.4 cm³/mol. The zero-order chi connectivity index (χ0) is 14.7. The highest BCUT2D eigenvalue weighted by Gasteiger charge is 2.11. The number of carbonyl (C=O) groups excluding carboxylic acids is 1. The normalized spacial score (nSPS) is 10.7. The van der Waals surface area contributed by atoms with E-state index in [4.69, 9.17) is 4.74 Å². The molecule has 0 heterocycles. The van der Waals surface area contributed by atoms with Crippen molar-refractivity contribution < 1.29 is 9.53 Å². The molecule has 104 valence electrons. The Morgan fingerprint density at radius 3 is 2.30 bits per heavy atom. The van der Waals surface area contributed by atoms with Crippen LogP contribution in [0.15, 0.2) is 46.9 Å². The third-order valence-electron chi connectivity index (χ3n) is 3.10. The van der Waals surface area contributed by atoms with Crippen LogP contribution in [-0.2, 0) is 0 Å². The molecule has 0 aliphatic rings. The molecular weight excluding hydrogens is 316 g/mol. The molecular formula is C17H17BrO2. The second-order valence-corrected chi connectivity index (χ2v) is 5.95. The minimum Gasteiger partial charge on any atom is -0.422 e. The molecule has 0 aromatic heterocycles. The maximum Gasteiger partial charge on any atom is 0.343 e. The highest BCUT2D eigenvalue weighted by molar-refractivity contribution is 9.10. The van der Waals surface area contributed by atoms with Gasteiger partial charge in [0.2, 0.25) is 0 Å². The molecule has 0 bridgehead atoms. The van der Waals surface area contributed by atoms with Gasteiger partial charge in [-0.1, -0.05) is 32.0 Å². The topological polar surface area (TPSA) is 26.3 Å². The van der Waals surface area contributed by atoms with Crippen LogP contribution in [0.1, 0.15) is 41.3 Å². The maximum atomic E-state index is 12.1. The molecule has 0 amide bonds. The number of hydrogen-bond acceptors (Lipinski definition) is 2. The molecule has 0 saturated carbocycles. The van der Waals surface area contributed by atoms with Gasteiger partial charge in [0.25, 0.3) is 0 Å². The summed E-state index contributed by atoms with van der Waals surface area (Å²) in [4.78, 5) is 12.1. The van der Waals surface area contributed by atoms with Crippen molar-refractivity contribution in [2.24, 2.45) is 0 Å². The lowest BCUT2D eigenvalue weighted by molar-refractivity contribution is 0.0733. The molecule has 0 atom stereocenters. The minimum absolute atomic E-state index is 0.343. The number of hydrogen-bond donors (Lipinski definition) is 0. The predicted octanol–water partition coefficient (Wildman–Crippen LogP) is 5.10. The van der Waals surface area contributed by atoms with Gasteiger partial charge in [0, 0.05) is 0 Å². The molecule has 0 N–H and O–H groups in total. The second-order valence-electron chi connectivity index (χ2n) is 5.10. The molecule has 0 saturated heterocycles. The average molecular weight is 333 g/mol. The monoisotopic (exact) mass is 332 g/mol. The van der Waals surface area contributed by atoms with Gasteiger partial charge < -0.3 is 4.74 Å². The number of carbonyl (C=O) groups is 1. The van der Waals surface area contributed by atoms with Gasteiger partial charge in [-0.3, -0.25) is 0 Å². The summed E-state index contributed by atoms with van der Waals surface area (Å²) in [5, 5.41) is 0. The number of esters is 1. The zero-order valence-electron chi connectivity index (χ0n) is 11.8. The summed E-state index contributed by atoms with van der Waals surface area (Å²) in [5.41, 5.74) is 2.87. The number of rotatable bonds is 3. The van der Waals surface area contributed by atoms with E-state index in [2.05, 4.69) is 29.8 Å². The first kappa shape index (κ1) is 14.8. The first-order valence-corrected chi connectivity index (χ1v) is 7.35. The second kappa shape index (κ2) is 6.23. The summed E-state index contributed by atoms with van der Waals surface area (Å²) < 4.78 is 6.18. The van der Waals surface area contributed by atoms with E-state index in [1.807, 2.05) is 31.2 Å². The Balaban J connectivity index is 2.15. The molecule has 0 aliphatic carbocycles. The zero-order valence-corrected chi connectivity index (χ0v) is 13.4. The Labute approximate surface area is 127 Å². The standard InChI is InChI=1S/C17H17BrO2/c1-11(2)13-5-7-14(8-6-13)17(19)20-16-9-4-12(3)10-15(16)18/h4-11H,1-3H3. The Kier molecular flexibility index (Phi) is 4.61. The van der Waals surface area contributed by atoms with Crippen molar-refractivity contribution in [3.05, 3.63) is 63.6 Å². The van der Waals surface area contributed by atoms with Crippen molar-refractivity contribution >= 4 is 21.9 Å². The van der Waals surface area contributed by atoms with Gasteiger partial charge in [-0.25, -0.2) is 4.79 Å². The molecule has 0 fully saturated rings. The Hall–Kier alpha value is -1.61. The molecule has 0 radical (unpaired) electrons. The molecule has 0 unspecified atom stereocenters. The lowest BCUT2D eigenvalue weighted by Gasteiger charge is -2.09. The van der Waals surface area contributed by atoms with Crippen molar-refractivity contribution in [2.45, 2.75) is 26.7 Å². The summed E-state index contributed by atoms with van der Waals surface area (Å²) >= 11 is 3.40. The van der Waals surface area contributed by atoms with E-state index in [0.29, 0.717) is 17.2 Å². The fourth-order valence-corrected chi connectivity index (χ4v) is 2.43. The lowest BCUT2D eigenvalue weighted by atomic mass is 10.0. The maximum absolute atomic E-state index is 12.1. The van der Waals surface area contributed by atoms with Crippen LogP contribution in [-0.4, -0.2) is 5.97 Å². The van der Waals surface area contributed by atoms with E-state index < -0.39 is 0 Å². The van der Waals surface area contributed by atoms with Crippen LogP contribution in [0, 0.1) is 6.92 Å². The third-order valence-corrected chi connectivity index (χ3v) is 3.72. The molecule has 20 heavy (non-hydrogen) atoms. The van der Waals surface area contributed by atoms with Gasteiger partial charge in [-0.15, -0.1) is 0 Å². The van der Waals surface area contributed by atoms with E-state index in [1.165, 1.54) is 5.56 Å². The third kappa shape index (κ3) is 3.48. The highest BCUT2D eigenvalue weighted by atomic mass is 79.9. The molecule has 0 aliphatic heterocycles. The van der Waals surface area contributed by atoms with Gasteiger partial charge >= 0.3 is 5.97 Å². The van der Waals surface area contributed by atoms with Crippen molar-refractivity contribution in [2.75, 3.05) is 0 Å². The minimum atomic E-state index is -0.343. The summed E-state index contributed by atoms with van der Waals surface area (Å²) in [6, 6.07) is 13.2. The average Bonchev–Trinajstić information content (AvgIpc) is 2.42. The lowest BCUT2D eigenvalue weighted by Crippen LogP contribution is -2.09. The summed E-state index contributed by atoms with van der Waals surface area (Å²) in [6.07, 6.45) is 0. The van der Waals surface area contributed by atoms with Crippen LogP contribution < -0.4 is 4.74 Å². The first-order chi connectivity index (χ1) is 9.47. The fourth-order valence-electron chi connectivity index (χ4n) is 1.85. The van der Waals surface area contributed by atoms with Gasteiger partial charge in [0.1, 0.15) is 5.75 Å². The highest BCUT2D eigenvalue weighted by Crippen LogP contribution is 2.26. The van der Waals surface area contributed by atoms with Crippen LogP contribution in [0.5, 0.6) is 5.75 Å². The molecule has 0 spiro atoms. The molecule has 2 rings (SSSR count). The van der Waals surface area contributed by atoms with Gasteiger partial charge in [-0.05, 0) is 64.2 Å². The van der Waals surface area contributed by atoms with Crippen LogP contribution in [0.25, 0.3) is 0 Å². The quantitative estimate of drug-likeness (QED) is 0.577. The molecule has 2 nitrogen and oxygen atoms in total. The van der Waals surface area contributed by atoms with Crippen molar-refractivity contribution in [1.82, 2.24) is 0 Å². The van der Waals surface area contributed by atoms with E-state index in [-0.39, 0.29) is 5.97 Å². The Morgan fingerprint density at radius 1 is 1.10 bits per heavy atom. The van der Waals surface area contributed by atoms with Crippen LogP contribution in [0.2, 0.25) is 0 Å². The molecule has 2 aromatic rings.